The zero-order valence-electron chi connectivity index (χ0n) is 10.3. The van der Waals surface area contributed by atoms with E-state index in [2.05, 4.69) is 0 Å². The van der Waals surface area contributed by atoms with Crippen molar-refractivity contribution in [3.63, 3.8) is 0 Å². The third-order valence-electron chi connectivity index (χ3n) is 2.61. The van der Waals surface area contributed by atoms with Crippen LogP contribution in [0.25, 0.3) is 0 Å². The summed E-state index contributed by atoms with van der Waals surface area (Å²) in [5, 5.41) is -0.446. The van der Waals surface area contributed by atoms with Crippen molar-refractivity contribution in [3.05, 3.63) is 12.2 Å². The highest BCUT2D eigenvalue weighted by Gasteiger charge is 2.39. The first kappa shape index (κ1) is 14.8. The Morgan fingerprint density at radius 1 is 1.44 bits per heavy atom. The second-order valence-corrected chi connectivity index (χ2v) is 4.32. The lowest BCUT2D eigenvalue weighted by Crippen LogP contribution is -2.52. The third-order valence-corrected chi connectivity index (χ3v) is 3.01. The number of nitrogens with zero attached hydrogens (tertiary/aromatic N) is 1. The molecule has 2 amide bonds. The van der Waals surface area contributed by atoms with Crippen molar-refractivity contribution in [2.75, 3.05) is 20.3 Å². The van der Waals surface area contributed by atoms with Crippen LogP contribution in [0, 0.1) is 0 Å². The molecule has 6 nitrogen and oxygen atoms in total. The highest BCUT2D eigenvalue weighted by atomic mass is 35.5. The van der Waals surface area contributed by atoms with Gasteiger partial charge < -0.3 is 15.2 Å². The predicted octanol–water partition coefficient (Wildman–Crippen LogP) is 0.491. The molecule has 0 saturated heterocycles. The van der Waals surface area contributed by atoms with Gasteiger partial charge in [0.05, 0.1) is 24.1 Å². The Bertz CT molecular complexity index is 348. The van der Waals surface area contributed by atoms with Crippen LogP contribution in [0.15, 0.2) is 12.2 Å². The Morgan fingerprint density at radius 2 is 2.11 bits per heavy atom. The summed E-state index contributed by atoms with van der Waals surface area (Å²) in [6.45, 7) is 1.63. The van der Waals surface area contributed by atoms with Gasteiger partial charge in [-0.15, -0.1) is 11.6 Å². The van der Waals surface area contributed by atoms with Crippen molar-refractivity contribution < 1.29 is 19.1 Å². The minimum atomic E-state index is -0.631. The molecule has 0 unspecified atom stereocenters. The maximum atomic E-state index is 11.8. The number of nitrogens with two attached hydrogens (primary N) is 1. The van der Waals surface area contributed by atoms with E-state index in [9.17, 15) is 9.59 Å². The van der Waals surface area contributed by atoms with Crippen LogP contribution in [0.1, 0.15) is 6.92 Å². The summed E-state index contributed by atoms with van der Waals surface area (Å²) in [6.07, 6.45) is 2.46. The standard InChI is InChI=1S/C11H17ClN2O4/c1-3-18-11(16)14(6-9(13)15)10-7(12)4-5-8(10)17-2/h4-5,7-8,10H,3,6H2,1-2H3,(H2,13,15)/t7-,8+,10+/m0/s1. The Morgan fingerprint density at radius 3 is 2.61 bits per heavy atom. The smallest absolute Gasteiger partial charge is 0.410 e. The van der Waals surface area contributed by atoms with Gasteiger partial charge >= 0.3 is 6.09 Å². The molecule has 0 fully saturated rings. The molecule has 1 rings (SSSR count). The monoisotopic (exact) mass is 276 g/mol. The van der Waals surface area contributed by atoms with Crippen molar-refractivity contribution in [1.29, 1.82) is 0 Å². The molecule has 1 aliphatic carbocycles. The zero-order valence-corrected chi connectivity index (χ0v) is 11.1. The van der Waals surface area contributed by atoms with Crippen molar-refractivity contribution in [1.82, 2.24) is 4.90 Å². The minimum absolute atomic E-state index is 0.207. The fourth-order valence-corrected chi connectivity index (χ4v) is 2.22. The zero-order chi connectivity index (χ0) is 13.7. The van der Waals surface area contributed by atoms with Crippen LogP contribution in [-0.2, 0) is 14.3 Å². The lowest BCUT2D eigenvalue weighted by atomic mass is 10.1. The van der Waals surface area contributed by atoms with E-state index in [0.717, 1.165) is 0 Å². The highest BCUT2D eigenvalue weighted by molar-refractivity contribution is 6.22. The van der Waals surface area contributed by atoms with E-state index in [0.29, 0.717) is 0 Å². The van der Waals surface area contributed by atoms with Crippen LogP contribution >= 0.6 is 11.6 Å². The summed E-state index contributed by atoms with van der Waals surface area (Å²) < 4.78 is 10.1. The molecule has 0 spiro atoms. The van der Waals surface area contributed by atoms with Gasteiger partial charge in [0, 0.05) is 7.11 Å². The average Bonchev–Trinajstić information content (AvgIpc) is 2.67. The summed E-state index contributed by atoms with van der Waals surface area (Å²) in [7, 11) is 1.50. The number of hydrogen-bond donors (Lipinski definition) is 1. The fourth-order valence-electron chi connectivity index (χ4n) is 1.86. The molecule has 0 aromatic carbocycles. The van der Waals surface area contributed by atoms with E-state index in [1.165, 1.54) is 12.0 Å². The SMILES string of the molecule is CCOC(=O)N(CC(N)=O)[C@@H]1[C@@H](Cl)C=C[C@H]1OC. The normalized spacial score (nSPS) is 26.1. The van der Waals surface area contributed by atoms with Gasteiger partial charge in [0.15, 0.2) is 0 Å². The summed E-state index contributed by atoms with van der Waals surface area (Å²) in [4.78, 5) is 24.1. The van der Waals surface area contributed by atoms with Gasteiger partial charge in [0.2, 0.25) is 5.91 Å². The van der Waals surface area contributed by atoms with Crippen LogP contribution in [0.4, 0.5) is 4.79 Å². The molecule has 1 aliphatic rings. The van der Waals surface area contributed by atoms with E-state index < -0.39 is 23.4 Å². The molecular weight excluding hydrogens is 260 g/mol. The molecule has 0 radical (unpaired) electrons. The number of rotatable bonds is 5. The predicted molar refractivity (Wildman–Crippen MR) is 66.3 cm³/mol. The number of primary amides is 1. The number of halogens is 1. The summed E-state index contributed by atoms with van der Waals surface area (Å²) in [5.41, 5.74) is 5.13. The molecule has 18 heavy (non-hydrogen) atoms. The maximum Gasteiger partial charge on any atom is 0.410 e. The molecule has 0 bridgehead atoms. The summed E-state index contributed by atoms with van der Waals surface area (Å²) in [5.74, 6) is -0.631. The molecule has 102 valence electrons. The van der Waals surface area contributed by atoms with Crippen LogP contribution in [0.2, 0.25) is 0 Å². The second kappa shape index (κ2) is 6.61. The van der Waals surface area contributed by atoms with E-state index in [-0.39, 0.29) is 19.3 Å². The highest BCUT2D eigenvalue weighted by Crippen LogP contribution is 2.25. The van der Waals surface area contributed by atoms with Gasteiger partial charge in [-0.05, 0) is 6.92 Å². The van der Waals surface area contributed by atoms with Gasteiger partial charge in [-0.25, -0.2) is 4.79 Å². The Hall–Kier alpha value is -1.27. The number of carbonyl (C=O) groups is 2. The number of alkyl halides is 1. The minimum Gasteiger partial charge on any atom is -0.450 e. The Balaban J connectivity index is 2.87. The quantitative estimate of drug-likeness (QED) is 0.585. The molecule has 0 aromatic rings. The van der Waals surface area contributed by atoms with Crippen LogP contribution < -0.4 is 5.73 Å². The number of amides is 2. The van der Waals surface area contributed by atoms with Gasteiger partial charge in [0.25, 0.3) is 0 Å². The molecule has 0 aliphatic heterocycles. The molecule has 3 atom stereocenters. The van der Waals surface area contributed by atoms with E-state index >= 15 is 0 Å². The van der Waals surface area contributed by atoms with Crippen molar-refractivity contribution >= 4 is 23.6 Å². The molecule has 0 saturated carbocycles. The first-order chi connectivity index (χ1) is 8.51. The Labute approximate surface area is 111 Å². The van der Waals surface area contributed by atoms with Crippen molar-refractivity contribution in [3.8, 4) is 0 Å². The number of hydrogen-bond acceptors (Lipinski definition) is 4. The molecule has 2 N–H and O–H groups in total. The van der Waals surface area contributed by atoms with Gasteiger partial charge in [0.1, 0.15) is 6.54 Å². The lowest BCUT2D eigenvalue weighted by Gasteiger charge is -2.32. The van der Waals surface area contributed by atoms with Crippen LogP contribution in [-0.4, -0.2) is 54.7 Å². The molecule has 0 heterocycles. The Kier molecular flexibility index (Phi) is 5.43. The summed E-state index contributed by atoms with van der Waals surface area (Å²) >= 11 is 6.11. The first-order valence-electron chi connectivity index (χ1n) is 5.58. The van der Waals surface area contributed by atoms with Gasteiger partial charge in [-0.1, -0.05) is 12.2 Å². The second-order valence-electron chi connectivity index (χ2n) is 3.81. The van der Waals surface area contributed by atoms with Crippen molar-refractivity contribution in [2.24, 2.45) is 5.73 Å². The lowest BCUT2D eigenvalue weighted by molar-refractivity contribution is -0.119. The van der Waals surface area contributed by atoms with E-state index in [1.54, 1.807) is 19.1 Å². The van der Waals surface area contributed by atoms with Crippen molar-refractivity contribution in [2.45, 2.75) is 24.4 Å². The topological polar surface area (TPSA) is 81.9 Å². The summed E-state index contributed by atoms with van der Waals surface area (Å²) in [6, 6.07) is -0.497. The molecule has 0 aromatic heterocycles. The first-order valence-corrected chi connectivity index (χ1v) is 6.01. The van der Waals surface area contributed by atoms with Gasteiger partial charge in [-0.2, -0.15) is 0 Å². The molecule has 7 heteroatoms. The maximum absolute atomic E-state index is 11.8. The fraction of sp³-hybridized carbons (Fsp3) is 0.636. The average molecular weight is 277 g/mol. The van der Waals surface area contributed by atoms with E-state index in [4.69, 9.17) is 26.8 Å². The van der Waals surface area contributed by atoms with Crippen LogP contribution in [0.5, 0.6) is 0 Å². The van der Waals surface area contributed by atoms with E-state index in [1.807, 2.05) is 0 Å². The third kappa shape index (κ3) is 3.36. The largest absolute Gasteiger partial charge is 0.450 e. The number of methoxy groups -OCH3 is 1. The number of ether oxygens (including phenoxy) is 2. The molecular formula is C11H17ClN2O4. The van der Waals surface area contributed by atoms with Crippen LogP contribution in [0.3, 0.4) is 0 Å². The number of carbonyl (C=O) groups excluding carboxylic acids is 2. The van der Waals surface area contributed by atoms with Gasteiger partial charge in [-0.3, -0.25) is 9.69 Å².